The molecule has 1 unspecified atom stereocenters. The summed E-state index contributed by atoms with van der Waals surface area (Å²) < 4.78 is 11.1. The second-order valence-corrected chi connectivity index (χ2v) is 4.05. The van der Waals surface area contributed by atoms with Gasteiger partial charge < -0.3 is 14.8 Å². The summed E-state index contributed by atoms with van der Waals surface area (Å²) in [5.74, 6) is 0. The van der Waals surface area contributed by atoms with E-state index in [2.05, 4.69) is 18.8 Å². The number of methoxy groups -OCH3 is 1. The Labute approximate surface area is 92.8 Å². The Morgan fingerprint density at radius 1 is 1.53 bits per heavy atom. The Bertz CT molecular complexity index is 188. The van der Waals surface area contributed by atoms with E-state index in [0.717, 1.165) is 39.0 Å². The topological polar surface area (TPSA) is 30.5 Å². The number of hydrogen-bond donors (Lipinski definition) is 1. The van der Waals surface area contributed by atoms with Gasteiger partial charge in [0, 0.05) is 33.2 Å². The van der Waals surface area contributed by atoms with Gasteiger partial charge in [-0.15, -0.1) is 6.58 Å². The van der Waals surface area contributed by atoms with E-state index in [4.69, 9.17) is 9.47 Å². The summed E-state index contributed by atoms with van der Waals surface area (Å²) in [6, 6.07) is 0.228. The van der Waals surface area contributed by atoms with Crippen LogP contribution in [0.5, 0.6) is 0 Å². The van der Waals surface area contributed by atoms with Crippen LogP contribution in [-0.2, 0) is 9.47 Å². The number of ether oxygens (including phenoxy) is 2. The zero-order chi connectivity index (χ0) is 11.1. The minimum atomic E-state index is -0.116. The van der Waals surface area contributed by atoms with Crippen molar-refractivity contribution in [2.45, 2.75) is 37.8 Å². The SMILES string of the molecule is C=CC(NCCC)C1(OC)CCOCC1. The highest BCUT2D eigenvalue weighted by Crippen LogP contribution is 2.28. The van der Waals surface area contributed by atoms with Gasteiger partial charge in [-0.3, -0.25) is 0 Å². The average molecular weight is 213 g/mol. The van der Waals surface area contributed by atoms with Gasteiger partial charge in [-0.1, -0.05) is 13.0 Å². The van der Waals surface area contributed by atoms with Crippen LogP contribution in [0, 0.1) is 0 Å². The predicted molar refractivity (Wildman–Crippen MR) is 62.1 cm³/mol. The van der Waals surface area contributed by atoms with E-state index in [1.54, 1.807) is 7.11 Å². The van der Waals surface area contributed by atoms with Crippen molar-refractivity contribution in [1.82, 2.24) is 5.32 Å². The second-order valence-electron chi connectivity index (χ2n) is 4.05. The van der Waals surface area contributed by atoms with Crippen LogP contribution in [0.15, 0.2) is 12.7 Å². The van der Waals surface area contributed by atoms with Gasteiger partial charge in [-0.25, -0.2) is 0 Å². The second kappa shape index (κ2) is 6.26. The van der Waals surface area contributed by atoms with E-state index in [1.807, 2.05) is 6.08 Å². The van der Waals surface area contributed by atoms with Crippen molar-refractivity contribution in [2.75, 3.05) is 26.9 Å². The van der Waals surface area contributed by atoms with Crippen molar-refractivity contribution in [2.24, 2.45) is 0 Å². The van der Waals surface area contributed by atoms with Crippen molar-refractivity contribution in [3.63, 3.8) is 0 Å². The molecule has 0 spiro atoms. The van der Waals surface area contributed by atoms with E-state index in [1.165, 1.54) is 0 Å². The first kappa shape index (κ1) is 12.7. The van der Waals surface area contributed by atoms with Crippen molar-refractivity contribution < 1.29 is 9.47 Å². The van der Waals surface area contributed by atoms with Crippen molar-refractivity contribution >= 4 is 0 Å². The number of nitrogens with one attached hydrogen (secondary N) is 1. The highest BCUT2D eigenvalue weighted by atomic mass is 16.5. The number of rotatable bonds is 6. The molecule has 1 fully saturated rings. The molecule has 1 saturated heterocycles. The fraction of sp³-hybridized carbons (Fsp3) is 0.833. The molecule has 0 aromatic rings. The molecule has 1 rings (SSSR count). The van der Waals surface area contributed by atoms with Gasteiger partial charge in [0.05, 0.1) is 11.6 Å². The van der Waals surface area contributed by atoms with Gasteiger partial charge in [0.25, 0.3) is 0 Å². The molecular weight excluding hydrogens is 190 g/mol. The van der Waals surface area contributed by atoms with Gasteiger partial charge in [-0.05, 0) is 13.0 Å². The lowest BCUT2D eigenvalue weighted by Gasteiger charge is -2.41. The van der Waals surface area contributed by atoms with Crippen LogP contribution in [0.2, 0.25) is 0 Å². The van der Waals surface area contributed by atoms with Crippen LogP contribution in [0.25, 0.3) is 0 Å². The summed E-state index contributed by atoms with van der Waals surface area (Å²) >= 11 is 0. The molecule has 0 radical (unpaired) electrons. The van der Waals surface area contributed by atoms with E-state index in [0.29, 0.717) is 0 Å². The third-order valence-electron chi connectivity index (χ3n) is 3.16. The summed E-state index contributed by atoms with van der Waals surface area (Å²) in [6.45, 7) is 8.63. The van der Waals surface area contributed by atoms with Crippen molar-refractivity contribution in [3.8, 4) is 0 Å². The molecule has 0 aromatic heterocycles. The molecule has 1 atom stereocenters. The van der Waals surface area contributed by atoms with Crippen LogP contribution in [0.1, 0.15) is 26.2 Å². The molecular formula is C12H23NO2. The maximum Gasteiger partial charge on any atom is 0.0910 e. The molecule has 0 aromatic carbocycles. The zero-order valence-electron chi connectivity index (χ0n) is 9.92. The zero-order valence-corrected chi connectivity index (χ0v) is 9.92. The normalized spacial score (nSPS) is 22.3. The van der Waals surface area contributed by atoms with Crippen molar-refractivity contribution in [3.05, 3.63) is 12.7 Å². The Morgan fingerprint density at radius 2 is 2.20 bits per heavy atom. The lowest BCUT2D eigenvalue weighted by atomic mass is 9.86. The van der Waals surface area contributed by atoms with Gasteiger partial charge in [0.15, 0.2) is 0 Å². The maximum absolute atomic E-state index is 5.72. The fourth-order valence-corrected chi connectivity index (χ4v) is 2.14. The van der Waals surface area contributed by atoms with E-state index in [9.17, 15) is 0 Å². The van der Waals surface area contributed by atoms with E-state index in [-0.39, 0.29) is 11.6 Å². The summed E-state index contributed by atoms with van der Waals surface area (Å²) in [5, 5.41) is 3.48. The summed E-state index contributed by atoms with van der Waals surface area (Å²) in [5.41, 5.74) is -0.116. The predicted octanol–water partition coefficient (Wildman–Crippen LogP) is 1.74. The standard InChI is InChI=1S/C12H23NO2/c1-4-8-13-11(5-2)12(14-3)6-9-15-10-7-12/h5,11,13H,2,4,6-10H2,1,3H3. The van der Waals surface area contributed by atoms with Gasteiger partial charge >= 0.3 is 0 Å². The Balaban J connectivity index is 2.62. The first-order valence-electron chi connectivity index (χ1n) is 5.78. The lowest BCUT2D eigenvalue weighted by molar-refractivity contribution is -0.101. The minimum absolute atomic E-state index is 0.116. The molecule has 1 heterocycles. The first-order valence-corrected chi connectivity index (χ1v) is 5.78. The molecule has 1 N–H and O–H groups in total. The third kappa shape index (κ3) is 3.03. The van der Waals surface area contributed by atoms with Crippen LogP contribution < -0.4 is 5.32 Å². The molecule has 88 valence electrons. The van der Waals surface area contributed by atoms with Crippen LogP contribution >= 0.6 is 0 Å². The summed E-state index contributed by atoms with van der Waals surface area (Å²) in [7, 11) is 1.79. The largest absolute Gasteiger partial charge is 0.381 e. The monoisotopic (exact) mass is 213 g/mol. The molecule has 3 nitrogen and oxygen atoms in total. The van der Waals surface area contributed by atoms with E-state index < -0.39 is 0 Å². The van der Waals surface area contributed by atoms with E-state index >= 15 is 0 Å². The average Bonchev–Trinajstić information content (AvgIpc) is 2.31. The quantitative estimate of drug-likeness (QED) is 0.682. The van der Waals surface area contributed by atoms with Gasteiger partial charge in [-0.2, -0.15) is 0 Å². The summed E-state index contributed by atoms with van der Waals surface area (Å²) in [4.78, 5) is 0. The highest BCUT2D eigenvalue weighted by Gasteiger charge is 2.38. The van der Waals surface area contributed by atoms with Crippen LogP contribution in [-0.4, -0.2) is 38.5 Å². The third-order valence-corrected chi connectivity index (χ3v) is 3.16. The molecule has 3 heteroatoms. The molecule has 0 saturated carbocycles. The Morgan fingerprint density at radius 3 is 2.67 bits per heavy atom. The maximum atomic E-state index is 5.72. The van der Waals surface area contributed by atoms with Crippen molar-refractivity contribution in [1.29, 1.82) is 0 Å². The fourth-order valence-electron chi connectivity index (χ4n) is 2.14. The van der Waals surface area contributed by atoms with Gasteiger partial charge in [0.1, 0.15) is 0 Å². The smallest absolute Gasteiger partial charge is 0.0910 e. The molecule has 0 aliphatic carbocycles. The highest BCUT2D eigenvalue weighted by molar-refractivity contribution is 5.03. The first-order chi connectivity index (χ1) is 7.29. The molecule has 1 aliphatic heterocycles. The van der Waals surface area contributed by atoms with Gasteiger partial charge in [0.2, 0.25) is 0 Å². The van der Waals surface area contributed by atoms with Crippen LogP contribution in [0.3, 0.4) is 0 Å². The Hall–Kier alpha value is -0.380. The molecule has 1 aliphatic rings. The molecule has 0 amide bonds. The minimum Gasteiger partial charge on any atom is -0.381 e. The summed E-state index contributed by atoms with van der Waals surface area (Å²) in [6.07, 6.45) is 4.97. The lowest BCUT2D eigenvalue weighted by Crippen LogP contribution is -2.54. The number of hydrogen-bond acceptors (Lipinski definition) is 3. The molecule has 0 bridgehead atoms. The van der Waals surface area contributed by atoms with Crippen LogP contribution in [0.4, 0.5) is 0 Å². The Kier molecular flexibility index (Phi) is 5.29. The molecule has 15 heavy (non-hydrogen) atoms.